The van der Waals surface area contributed by atoms with Gasteiger partial charge in [0.05, 0.1) is 21.1 Å². The fourth-order valence-electron chi connectivity index (χ4n) is 2.12. The van der Waals surface area contributed by atoms with Crippen molar-refractivity contribution in [2.45, 2.75) is 4.90 Å². The molecule has 0 unspecified atom stereocenters. The van der Waals surface area contributed by atoms with Gasteiger partial charge in [-0.05, 0) is 24.3 Å². The molecule has 0 saturated heterocycles. The average Bonchev–Trinajstić information content (AvgIpc) is 2.55. The SMILES string of the molecule is O=C(NS(=O)(=O)c1ccccc1F)c1nc2cc(Cl)c(Cl)cc2[nH]c1=O. The molecule has 2 aromatic carbocycles. The zero-order chi connectivity index (χ0) is 19.1. The van der Waals surface area contributed by atoms with Gasteiger partial charge in [-0.15, -0.1) is 0 Å². The van der Waals surface area contributed by atoms with E-state index in [4.69, 9.17) is 23.2 Å². The van der Waals surface area contributed by atoms with Crippen molar-refractivity contribution in [3.63, 3.8) is 0 Å². The number of carbonyl (C=O) groups is 1. The Morgan fingerprint density at radius 1 is 1.15 bits per heavy atom. The van der Waals surface area contributed by atoms with E-state index in [1.807, 2.05) is 0 Å². The van der Waals surface area contributed by atoms with Gasteiger partial charge >= 0.3 is 0 Å². The Morgan fingerprint density at radius 2 is 1.81 bits per heavy atom. The molecule has 7 nitrogen and oxygen atoms in total. The van der Waals surface area contributed by atoms with Gasteiger partial charge < -0.3 is 4.98 Å². The van der Waals surface area contributed by atoms with Crippen LogP contribution in [0.2, 0.25) is 10.0 Å². The summed E-state index contributed by atoms with van der Waals surface area (Å²) in [6.45, 7) is 0. The van der Waals surface area contributed by atoms with Crippen molar-refractivity contribution in [3.05, 3.63) is 68.3 Å². The summed E-state index contributed by atoms with van der Waals surface area (Å²) in [5, 5.41) is 0.292. The van der Waals surface area contributed by atoms with E-state index in [1.165, 1.54) is 24.3 Å². The van der Waals surface area contributed by atoms with E-state index in [1.54, 1.807) is 4.72 Å². The van der Waals surface area contributed by atoms with Crippen LogP contribution in [-0.2, 0) is 10.0 Å². The molecular formula is C15H8Cl2FN3O4S. The smallest absolute Gasteiger partial charge is 0.289 e. The molecule has 3 rings (SSSR count). The Morgan fingerprint density at radius 3 is 2.50 bits per heavy atom. The number of hydrogen-bond donors (Lipinski definition) is 2. The molecule has 0 fully saturated rings. The Bertz CT molecular complexity index is 1210. The van der Waals surface area contributed by atoms with Crippen LogP contribution in [0.1, 0.15) is 10.5 Å². The number of H-pyrrole nitrogens is 1. The lowest BCUT2D eigenvalue weighted by Gasteiger charge is -2.08. The molecule has 2 N–H and O–H groups in total. The molecule has 1 amide bonds. The third-order valence-electron chi connectivity index (χ3n) is 3.30. The molecule has 11 heteroatoms. The topological polar surface area (TPSA) is 109 Å². The van der Waals surface area contributed by atoms with Crippen LogP contribution in [-0.4, -0.2) is 24.3 Å². The lowest BCUT2D eigenvalue weighted by molar-refractivity contribution is 0.0975. The number of nitrogens with one attached hydrogen (secondary N) is 2. The summed E-state index contributed by atoms with van der Waals surface area (Å²) in [6.07, 6.45) is 0. The highest BCUT2D eigenvalue weighted by Gasteiger charge is 2.24. The molecule has 0 radical (unpaired) electrons. The van der Waals surface area contributed by atoms with Crippen molar-refractivity contribution in [1.82, 2.24) is 14.7 Å². The summed E-state index contributed by atoms with van der Waals surface area (Å²) < 4.78 is 39.6. The summed E-state index contributed by atoms with van der Waals surface area (Å²) in [5.74, 6) is -2.36. The molecule has 26 heavy (non-hydrogen) atoms. The summed E-state index contributed by atoms with van der Waals surface area (Å²) in [7, 11) is -4.54. The number of aromatic nitrogens is 2. The van der Waals surface area contributed by atoms with E-state index >= 15 is 0 Å². The largest absolute Gasteiger partial charge is 0.319 e. The molecule has 1 aromatic heterocycles. The van der Waals surface area contributed by atoms with Crippen LogP contribution in [0.4, 0.5) is 4.39 Å². The number of nitrogens with zero attached hydrogens (tertiary/aromatic N) is 1. The third kappa shape index (κ3) is 3.41. The first-order valence-corrected chi connectivity index (χ1v) is 9.14. The molecule has 0 saturated carbocycles. The predicted octanol–water partition coefficient (Wildman–Crippen LogP) is 2.49. The average molecular weight is 416 g/mol. The second kappa shape index (κ2) is 6.67. The Labute approximate surface area is 155 Å². The minimum Gasteiger partial charge on any atom is -0.319 e. The molecule has 0 atom stereocenters. The van der Waals surface area contributed by atoms with Gasteiger partial charge in [-0.25, -0.2) is 22.5 Å². The zero-order valence-corrected chi connectivity index (χ0v) is 14.9. The molecule has 0 aliphatic heterocycles. The van der Waals surface area contributed by atoms with Crippen LogP contribution in [0, 0.1) is 5.82 Å². The van der Waals surface area contributed by atoms with E-state index in [0.717, 1.165) is 12.1 Å². The fourth-order valence-corrected chi connectivity index (χ4v) is 3.48. The standard InChI is InChI=1S/C15H8Cl2FN3O4S/c16-7-5-10-11(6-8(7)17)20-14(22)13(19-10)15(23)21-26(24,25)12-4-2-1-3-9(12)18/h1-6H,(H,20,22)(H,21,23). The van der Waals surface area contributed by atoms with E-state index < -0.39 is 37.9 Å². The highest BCUT2D eigenvalue weighted by atomic mass is 35.5. The molecule has 0 aliphatic carbocycles. The lowest BCUT2D eigenvalue weighted by Crippen LogP contribution is -2.35. The van der Waals surface area contributed by atoms with Crippen molar-refractivity contribution >= 4 is 50.2 Å². The van der Waals surface area contributed by atoms with Crippen LogP contribution >= 0.6 is 23.2 Å². The van der Waals surface area contributed by atoms with E-state index in [9.17, 15) is 22.4 Å². The monoisotopic (exact) mass is 415 g/mol. The first-order valence-electron chi connectivity index (χ1n) is 6.90. The molecule has 134 valence electrons. The van der Waals surface area contributed by atoms with Crippen molar-refractivity contribution < 1.29 is 17.6 Å². The van der Waals surface area contributed by atoms with E-state index in [0.29, 0.717) is 0 Å². The second-order valence-corrected chi connectivity index (χ2v) is 7.53. The van der Waals surface area contributed by atoms with E-state index in [-0.39, 0.29) is 21.1 Å². The summed E-state index contributed by atoms with van der Waals surface area (Å²) in [5.41, 5.74) is -1.35. The summed E-state index contributed by atoms with van der Waals surface area (Å²) >= 11 is 11.7. The first kappa shape index (κ1) is 18.3. The lowest BCUT2D eigenvalue weighted by atomic mass is 10.3. The van der Waals surface area contributed by atoms with Gasteiger partial charge in [-0.1, -0.05) is 35.3 Å². The van der Waals surface area contributed by atoms with Crippen LogP contribution in [0.3, 0.4) is 0 Å². The molecule has 1 heterocycles. The zero-order valence-electron chi connectivity index (χ0n) is 12.6. The van der Waals surface area contributed by atoms with Crippen LogP contribution < -0.4 is 10.3 Å². The number of aromatic amines is 1. The third-order valence-corrected chi connectivity index (χ3v) is 5.39. The molecule has 0 bridgehead atoms. The number of halogens is 3. The molecule has 0 aliphatic rings. The van der Waals surface area contributed by atoms with Crippen LogP contribution in [0.25, 0.3) is 11.0 Å². The maximum absolute atomic E-state index is 13.7. The quantitative estimate of drug-likeness (QED) is 0.682. The maximum atomic E-state index is 13.7. The number of fused-ring (bicyclic) bond motifs is 1. The Hall–Kier alpha value is -2.49. The summed E-state index contributed by atoms with van der Waals surface area (Å²) in [6, 6.07) is 7.12. The van der Waals surface area contributed by atoms with Gasteiger partial charge in [0.15, 0.2) is 5.69 Å². The number of amides is 1. The van der Waals surface area contributed by atoms with Crippen LogP contribution in [0.15, 0.2) is 46.1 Å². The Kier molecular flexibility index (Phi) is 4.70. The number of sulfonamides is 1. The number of benzene rings is 2. The number of rotatable bonds is 3. The Balaban J connectivity index is 2.03. The second-order valence-electron chi connectivity index (χ2n) is 5.06. The highest BCUT2D eigenvalue weighted by molar-refractivity contribution is 7.90. The van der Waals surface area contributed by atoms with Crippen LogP contribution in [0.5, 0.6) is 0 Å². The van der Waals surface area contributed by atoms with Crippen molar-refractivity contribution in [2.75, 3.05) is 0 Å². The van der Waals surface area contributed by atoms with Crippen molar-refractivity contribution in [1.29, 1.82) is 0 Å². The van der Waals surface area contributed by atoms with Gasteiger partial charge in [0.25, 0.3) is 21.5 Å². The number of carbonyl (C=O) groups excluding carboxylic acids is 1. The van der Waals surface area contributed by atoms with Crippen molar-refractivity contribution in [3.8, 4) is 0 Å². The first-order chi connectivity index (χ1) is 12.2. The summed E-state index contributed by atoms with van der Waals surface area (Å²) in [4.78, 5) is 29.7. The predicted molar refractivity (Wildman–Crippen MR) is 93.4 cm³/mol. The number of hydrogen-bond acceptors (Lipinski definition) is 5. The van der Waals surface area contributed by atoms with Crippen molar-refractivity contribution in [2.24, 2.45) is 0 Å². The van der Waals surface area contributed by atoms with Gasteiger partial charge in [0.2, 0.25) is 0 Å². The fraction of sp³-hybridized carbons (Fsp3) is 0. The van der Waals surface area contributed by atoms with E-state index in [2.05, 4.69) is 9.97 Å². The van der Waals surface area contributed by atoms with Gasteiger partial charge in [-0.3, -0.25) is 9.59 Å². The highest BCUT2D eigenvalue weighted by Crippen LogP contribution is 2.25. The minimum absolute atomic E-state index is 0.118. The molecule has 3 aromatic rings. The van der Waals surface area contributed by atoms with Gasteiger partial charge in [0.1, 0.15) is 10.7 Å². The molecule has 0 spiro atoms. The molecular weight excluding hydrogens is 408 g/mol. The maximum Gasteiger partial charge on any atom is 0.289 e. The van der Waals surface area contributed by atoms with Gasteiger partial charge in [0, 0.05) is 0 Å². The van der Waals surface area contributed by atoms with Gasteiger partial charge in [-0.2, -0.15) is 0 Å². The minimum atomic E-state index is -4.54. The normalized spacial score (nSPS) is 11.5.